The Morgan fingerprint density at radius 2 is 0.407 bits per heavy atom. The molecule has 9 aromatic carbocycles. The topological polar surface area (TPSA) is 36.9 Å². The van der Waals surface area contributed by atoms with Crippen molar-refractivity contribution < 1.29 is 18.9 Å². The second-order valence-electron chi connectivity index (χ2n) is 13.6. The first kappa shape index (κ1) is 33.1. The fourth-order valence-corrected chi connectivity index (χ4v) is 6.91. The standard InChI is InChI=1S/C50H38O4/c1-5-13-35(14-6-1)31-51-47-27-43-23-39-21-41-25-45-29-49(53-33-37-17-9-3-10-18-37)50(54-34-38-19-11-4-12-20-38)30-46(45)26-42(41)22-40(39)24-44(43)28-48(47)52-32-36-15-7-2-8-16-36/h1-30H,31-34H2. The number of hydrogen-bond donors (Lipinski definition) is 0. The van der Waals surface area contributed by atoms with Gasteiger partial charge in [-0.25, -0.2) is 0 Å². The van der Waals surface area contributed by atoms with Gasteiger partial charge in [0.2, 0.25) is 0 Å². The molecule has 0 saturated heterocycles. The van der Waals surface area contributed by atoms with Crippen LogP contribution in [0, 0.1) is 0 Å². The van der Waals surface area contributed by atoms with Crippen molar-refractivity contribution in [1.29, 1.82) is 0 Å². The zero-order chi connectivity index (χ0) is 36.1. The summed E-state index contributed by atoms with van der Waals surface area (Å²) in [5.41, 5.74) is 4.42. The zero-order valence-electron chi connectivity index (χ0n) is 29.8. The van der Waals surface area contributed by atoms with Gasteiger partial charge in [0, 0.05) is 0 Å². The predicted octanol–water partition coefficient (Wildman–Crippen LogP) is 12.6. The van der Waals surface area contributed by atoms with Crippen molar-refractivity contribution in [2.75, 3.05) is 0 Å². The highest BCUT2D eigenvalue weighted by molar-refractivity contribution is 6.08. The van der Waals surface area contributed by atoms with Crippen LogP contribution < -0.4 is 18.9 Å². The van der Waals surface area contributed by atoms with E-state index in [4.69, 9.17) is 18.9 Å². The van der Waals surface area contributed by atoms with Crippen molar-refractivity contribution in [2.45, 2.75) is 26.4 Å². The maximum Gasteiger partial charge on any atom is 0.162 e. The van der Waals surface area contributed by atoms with E-state index in [9.17, 15) is 0 Å². The molecule has 0 aromatic heterocycles. The highest BCUT2D eigenvalue weighted by atomic mass is 16.5. The van der Waals surface area contributed by atoms with Crippen molar-refractivity contribution in [3.63, 3.8) is 0 Å². The number of benzene rings is 9. The smallest absolute Gasteiger partial charge is 0.162 e. The molecule has 0 aliphatic carbocycles. The number of hydrogen-bond acceptors (Lipinski definition) is 4. The van der Waals surface area contributed by atoms with E-state index in [-0.39, 0.29) is 0 Å². The molecule has 9 aromatic rings. The van der Waals surface area contributed by atoms with E-state index < -0.39 is 0 Å². The number of rotatable bonds is 12. The Morgan fingerprint density at radius 3 is 0.611 bits per heavy atom. The average Bonchev–Trinajstić information content (AvgIpc) is 3.22. The molecule has 0 bridgehead atoms. The highest BCUT2D eigenvalue weighted by Gasteiger charge is 2.14. The maximum absolute atomic E-state index is 6.41. The fraction of sp³-hybridized carbons (Fsp3) is 0.0800. The van der Waals surface area contributed by atoms with Crippen LogP contribution >= 0.6 is 0 Å². The van der Waals surface area contributed by atoms with Crippen molar-refractivity contribution in [1.82, 2.24) is 0 Å². The Labute approximate surface area is 314 Å². The summed E-state index contributed by atoms with van der Waals surface area (Å²) in [7, 11) is 0. The molecule has 0 saturated carbocycles. The monoisotopic (exact) mass is 702 g/mol. The van der Waals surface area contributed by atoms with E-state index in [0.29, 0.717) is 26.4 Å². The normalized spacial score (nSPS) is 11.3. The summed E-state index contributed by atoms with van der Waals surface area (Å²) in [6.07, 6.45) is 0. The predicted molar refractivity (Wildman–Crippen MR) is 220 cm³/mol. The van der Waals surface area contributed by atoms with Crippen molar-refractivity contribution in [2.24, 2.45) is 0 Å². The maximum atomic E-state index is 6.41. The molecule has 0 amide bonds. The lowest BCUT2D eigenvalue weighted by molar-refractivity contribution is 0.256. The Kier molecular flexibility index (Phi) is 9.23. The lowest BCUT2D eigenvalue weighted by Crippen LogP contribution is -2.01. The molecule has 0 spiro atoms. The zero-order valence-corrected chi connectivity index (χ0v) is 29.8. The molecule has 0 atom stereocenters. The molecule has 0 aliphatic rings. The highest BCUT2D eigenvalue weighted by Crippen LogP contribution is 2.39. The van der Waals surface area contributed by atoms with Gasteiger partial charge in [0.05, 0.1) is 0 Å². The summed E-state index contributed by atoms with van der Waals surface area (Å²) in [4.78, 5) is 0. The Morgan fingerprint density at radius 1 is 0.222 bits per heavy atom. The lowest BCUT2D eigenvalue weighted by Gasteiger charge is -2.16. The van der Waals surface area contributed by atoms with E-state index in [1.54, 1.807) is 0 Å². The largest absolute Gasteiger partial charge is 0.485 e. The number of fused-ring (bicyclic) bond motifs is 4. The van der Waals surface area contributed by atoms with Gasteiger partial charge in [0.15, 0.2) is 23.0 Å². The van der Waals surface area contributed by atoms with Crippen molar-refractivity contribution >= 4 is 43.1 Å². The summed E-state index contributed by atoms with van der Waals surface area (Å²) in [6.45, 7) is 1.82. The molecule has 54 heavy (non-hydrogen) atoms. The summed E-state index contributed by atoms with van der Waals surface area (Å²) in [5.74, 6) is 2.90. The van der Waals surface area contributed by atoms with Crippen LogP contribution in [-0.2, 0) is 26.4 Å². The van der Waals surface area contributed by atoms with Crippen LogP contribution in [-0.4, -0.2) is 0 Å². The minimum atomic E-state index is 0.454. The number of ether oxygens (including phenoxy) is 4. The first-order chi connectivity index (χ1) is 26.7. The van der Waals surface area contributed by atoms with Crippen LogP contribution in [0.25, 0.3) is 43.1 Å². The van der Waals surface area contributed by atoms with Crippen LogP contribution in [0.2, 0.25) is 0 Å². The lowest BCUT2D eigenvalue weighted by atomic mass is 9.97. The Balaban J connectivity index is 1.09. The Bertz CT molecular complexity index is 2320. The molecule has 4 nitrogen and oxygen atoms in total. The third-order valence-corrected chi connectivity index (χ3v) is 9.78. The van der Waals surface area contributed by atoms with Crippen LogP contribution in [0.5, 0.6) is 23.0 Å². The molecule has 0 aliphatic heterocycles. The first-order valence-corrected chi connectivity index (χ1v) is 18.3. The van der Waals surface area contributed by atoms with Gasteiger partial charge in [-0.3, -0.25) is 0 Å². The van der Waals surface area contributed by atoms with Gasteiger partial charge < -0.3 is 18.9 Å². The Hall–Kier alpha value is -6.78. The van der Waals surface area contributed by atoms with Gasteiger partial charge in [0.25, 0.3) is 0 Å². The molecular weight excluding hydrogens is 665 g/mol. The van der Waals surface area contributed by atoms with Gasteiger partial charge in [-0.15, -0.1) is 0 Å². The molecule has 0 heterocycles. The van der Waals surface area contributed by atoms with Crippen molar-refractivity contribution in [3.8, 4) is 23.0 Å². The van der Waals surface area contributed by atoms with Gasteiger partial charge >= 0.3 is 0 Å². The van der Waals surface area contributed by atoms with Crippen LogP contribution in [0.4, 0.5) is 0 Å². The quantitative estimate of drug-likeness (QED) is 0.119. The third kappa shape index (κ3) is 7.41. The second kappa shape index (κ2) is 15.1. The molecular formula is C50H38O4. The minimum absolute atomic E-state index is 0.454. The van der Waals surface area contributed by atoms with Crippen LogP contribution in [0.1, 0.15) is 22.3 Å². The van der Waals surface area contributed by atoms with Gasteiger partial charge in [-0.1, -0.05) is 121 Å². The molecule has 9 rings (SSSR count). The van der Waals surface area contributed by atoms with Gasteiger partial charge in [0.1, 0.15) is 26.4 Å². The molecule has 262 valence electrons. The van der Waals surface area contributed by atoms with Gasteiger partial charge in [-0.05, 0) is 126 Å². The summed E-state index contributed by atoms with van der Waals surface area (Å²) in [5, 5.41) is 9.00. The van der Waals surface area contributed by atoms with Crippen molar-refractivity contribution in [3.05, 3.63) is 204 Å². The molecule has 0 fully saturated rings. The van der Waals surface area contributed by atoms with E-state index in [1.165, 1.54) is 0 Å². The molecule has 0 N–H and O–H groups in total. The van der Waals surface area contributed by atoms with E-state index >= 15 is 0 Å². The first-order valence-electron chi connectivity index (χ1n) is 18.3. The molecule has 0 unspecified atom stereocenters. The minimum Gasteiger partial charge on any atom is -0.485 e. The third-order valence-electron chi connectivity index (χ3n) is 9.78. The van der Waals surface area contributed by atoms with Crippen LogP contribution in [0.15, 0.2) is 182 Å². The van der Waals surface area contributed by atoms with E-state index in [1.807, 2.05) is 72.8 Å². The second-order valence-corrected chi connectivity index (χ2v) is 13.6. The van der Waals surface area contributed by atoms with E-state index in [2.05, 4.69) is 109 Å². The molecule has 0 radical (unpaired) electrons. The average molecular weight is 703 g/mol. The summed E-state index contributed by atoms with van der Waals surface area (Å²) < 4.78 is 25.7. The van der Waals surface area contributed by atoms with E-state index in [0.717, 1.165) is 88.3 Å². The SMILES string of the molecule is c1ccc(COc2cc3cc4cc5cc6cc(OCc7ccccc7)c(OCc7ccccc7)cc6cc5cc4cc3cc2OCc2ccccc2)cc1. The summed E-state index contributed by atoms with van der Waals surface area (Å²) in [6, 6.07) is 62.9. The van der Waals surface area contributed by atoms with Crippen LogP contribution in [0.3, 0.4) is 0 Å². The summed E-state index contributed by atoms with van der Waals surface area (Å²) >= 11 is 0. The fourth-order valence-electron chi connectivity index (χ4n) is 6.91. The molecule has 4 heteroatoms. The van der Waals surface area contributed by atoms with Gasteiger partial charge in [-0.2, -0.15) is 0 Å².